The molecule has 0 heterocycles. The van der Waals surface area contributed by atoms with Gasteiger partial charge in [0.15, 0.2) is 5.78 Å². The van der Waals surface area contributed by atoms with Gasteiger partial charge in [-0.15, -0.1) is 6.58 Å². The highest BCUT2D eigenvalue weighted by atomic mass is 16.1. The van der Waals surface area contributed by atoms with Crippen molar-refractivity contribution in [3.05, 3.63) is 96.1 Å². The summed E-state index contributed by atoms with van der Waals surface area (Å²) in [5.41, 5.74) is 3.88. The van der Waals surface area contributed by atoms with Crippen LogP contribution in [0.15, 0.2) is 79.4 Å². The van der Waals surface area contributed by atoms with Crippen LogP contribution in [0.4, 0.5) is 0 Å². The molecule has 3 heteroatoms. The zero-order valence-corrected chi connectivity index (χ0v) is 27.5. The molecule has 3 nitrogen and oxygen atoms in total. The number of hydrogen-bond acceptors (Lipinski definition) is 3. The highest BCUT2D eigenvalue weighted by Gasteiger charge is 2.38. The van der Waals surface area contributed by atoms with E-state index in [2.05, 4.69) is 77.6 Å². The van der Waals surface area contributed by atoms with E-state index in [0.717, 1.165) is 51.4 Å². The second-order valence-electron chi connectivity index (χ2n) is 12.8. The van der Waals surface area contributed by atoms with Crippen molar-refractivity contribution in [2.75, 3.05) is 0 Å². The van der Waals surface area contributed by atoms with Gasteiger partial charge in [0.05, 0.1) is 0 Å². The predicted octanol–water partition coefficient (Wildman–Crippen LogP) is 10.9. The average Bonchev–Trinajstić information content (AvgIpc) is 3.18. The molecule has 0 bridgehead atoms. The van der Waals surface area contributed by atoms with Crippen LogP contribution in [0.25, 0.3) is 0 Å². The summed E-state index contributed by atoms with van der Waals surface area (Å²) in [5.74, 6) is 0.636. The van der Waals surface area contributed by atoms with E-state index in [1.165, 1.54) is 23.6 Å². The van der Waals surface area contributed by atoms with E-state index in [9.17, 15) is 14.4 Å². The number of allylic oxidation sites excluding steroid dienone is 3. The summed E-state index contributed by atoms with van der Waals surface area (Å²) < 4.78 is 0. The Kier molecular flexibility index (Phi) is 19.3. The summed E-state index contributed by atoms with van der Waals surface area (Å²) in [6.45, 7) is 17.5. The molecule has 3 rings (SSSR count). The van der Waals surface area contributed by atoms with Crippen LogP contribution in [0, 0.1) is 23.7 Å². The molecule has 0 amide bonds. The Morgan fingerprint density at radius 1 is 0.977 bits per heavy atom. The maximum absolute atomic E-state index is 13.3. The monoisotopic (exact) mass is 590 g/mol. The normalized spacial score (nSPS) is 18.1. The zero-order valence-electron chi connectivity index (χ0n) is 27.5. The fourth-order valence-corrected chi connectivity index (χ4v) is 5.17. The second-order valence-corrected chi connectivity index (χ2v) is 12.8. The topological polar surface area (TPSA) is 51.2 Å². The first-order chi connectivity index (χ1) is 19.8. The number of benzene rings is 2. The van der Waals surface area contributed by atoms with E-state index in [-0.39, 0.29) is 26.3 Å². The smallest absolute Gasteiger partial charge is 0.152 e. The fraction of sp³-hybridized carbons (Fsp3) is 0.525. The number of Topliss-reactive ketones (excluding diaryl/α,β-unsaturated/α-hetero) is 2. The van der Waals surface area contributed by atoms with Crippen LogP contribution in [0.3, 0.4) is 0 Å². The Balaban J connectivity index is 0. The lowest BCUT2D eigenvalue weighted by atomic mass is 9.72. The molecule has 2 aromatic rings. The molecule has 2 aromatic carbocycles. The largest absolute Gasteiger partial charge is 0.300 e. The molecule has 1 aliphatic carbocycles. The van der Waals surface area contributed by atoms with Crippen molar-refractivity contribution in [1.29, 1.82) is 0 Å². The van der Waals surface area contributed by atoms with Crippen LogP contribution < -0.4 is 0 Å². The van der Waals surface area contributed by atoms with Crippen molar-refractivity contribution in [2.45, 2.75) is 120 Å². The van der Waals surface area contributed by atoms with Crippen molar-refractivity contribution in [3.8, 4) is 0 Å². The quantitative estimate of drug-likeness (QED) is 0.157. The molecule has 0 spiro atoms. The SMILES string of the molecule is C.C=CC(C)(C)C.CC(=O)/C=C\CC1(C(=O)CCCc2ccccc2C)CCCC(C(C)=O)CC1.CCc1ccccc1.[HH]. The molecular formula is C40H62O3. The van der Waals surface area contributed by atoms with Crippen LogP contribution in [0.5, 0.6) is 0 Å². The average molecular weight is 591 g/mol. The molecule has 0 N–H and O–H groups in total. The van der Waals surface area contributed by atoms with Gasteiger partial charge in [-0.1, -0.05) is 108 Å². The Bertz CT molecular complexity index is 1140. The highest BCUT2D eigenvalue weighted by molar-refractivity contribution is 5.88. The van der Waals surface area contributed by atoms with E-state index in [1.54, 1.807) is 13.0 Å². The second kappa shape index (κ2) is 20.8. The standard InChI is InChI=1S/C25H34O3.C8H10.C6H12.CH4.H2/c1-19-9-4-5-11-22(19)12-6-14-24(28)25(16-7-10-20(2)26)17-8-13-23(15-18-25)21(3)27;1-2-8-6-4-3-5-7-8;1-5-6(2,3)4;;/h4-5,7,9-11,23H,6,8,12-18H2,1-3H3;3-7H,2H2,1H3;5H,1H2,2-4H3;1H4;1H/b10-7-;;;;. The van der Waals surface area contributed by atoms with Gasteiger partial charge >= 0.3 is 0 Å². The summed E-state index contributed by atoms with van der Waals surface area (Å²) in [6, 6.07) is 18.8. The Hall–Kier alpha value is -3.07. The molecule has 1 aliphatic rings. The molecule has 0 radical (unpaired) electrons. The van der Waals surface area contributed by atoms with Crippen LogP contribution >= 0.6 is 0 Å². The molecule has 0 aromatic heterocycles. The third-order valence-electron chi connectivity index (χ3n) is 8.18. The lowest BCUT2D eigenvalue weighted by Crippen LogP contribution is -2.30. The van der Waals surface area contributed by atoms with Gasteiger partial charge < -0.3 is 0 Å². The fourth-order valence-electron chi connectivity index (χ4n) is 5.17. The minimum absolute atomic E-state index is 0. The summed E-state index contributed by atoms with van der Waals surface area (Å²) >= 11 is 0. The van der Waals surface area contributed by atoms with E-state index >= 15 is 0 Å². The zero-order chi connectivity index (χ0) is 31.6. The molecule has 43 heavy (non-hydrogen) atoms. The van der Waals surface area contributed by atoms with Crippen LogP contribution in [0.2, 0.25) is 0 Å². The molecule has 0 aliphatic heterocycles. The minimum Gasteiger partial charge on any atom is -0.300 e. The van der Waals surface area contributed by atoms with E-state index in [4.69, 9.17) is 0 Å². The van der Waals surface area contributed by atoms with Gasteiger partial charge in [-0.2, -0.15) is 0 Å². The number of aryl methyl sites for hydroxylation is 3. The van der Waals surface area contributed by atoms with Crippen LogP contribution in [0.1, 0.15) is 118 Å². The van der Waals surface area contributed by atoms with Gasteiger partial charge in [0.2, 0.25) is 0 Å². The lowest BCUT2D eigenvalue weighted by molar-refractivity contribution is -0.130. The van der Waals surface area contributed by atoms with Crippen molar-refractivity contribution in [2.24, 2.45) is 16.7 Å². The van der Waals surface area contributed by atoms with Gasteiger partial charge in [0, 0.05) is 19.2 Å². The van der Waals surface area contributed by atoms with Crippen LogP contribution in [-0.4, -0.2) is 17.3 Å². The number of ketones is 3. The first-order valence-corrected chi connectivity index (χ1v) is 15.8. The Morgan fingerprint density at radius 3 is 2.09 bits per heavy atom. The van der Waals surface area contributed by atoms with Gasteiger partial charge in [-0.3, -0.25) is 14.4 Å². The third-order valence-corrected chi connectivity index (χ3v) is 8.18. The van der Waals surface area contributed by atoms with Gasteiger partial charge in [-0.05, 0) is 100 Å². The Morgan fingerprint density at radius 2 is 1.58 bits per heavy atom. The summed E-state index contributed by atoms with van der Waals surface area (Å²) in [4.78, 5) is 36.5. The van der Waals surface area contributed by atoms with Crippen molar-refractivity contribution >= 4 is 17.3 Å². The molecule has 1 fully saturated rings. The number of carbonyl (C=O) groups is 3. The summed E-state index contributed by atoms with van der Waals surface area (Å²) in [6.07, 6.45) is 13.6. The Labute approximate surface area is 265 Å². The molecule has 0 saturated heterocycles. The number of hydrogen-bond donors (Lipinski definition) is 0. The van der Waals surface area contributed by atoms with Gasteiger partial charge in [0.25, 0.3) is 0 Å². The molecule has 2 atom stereocenters. The van der Waals surface area contributed by atoms with Crippen molar-refractivity contribution < 1.29 is 15.8 Å². The van der Waals surface area contributed by atoms with Gasteiger partial charge in [-0.25, -0.2) is 0 Å². The minimum atomic E-state index is -0.415. The van der Waals surface area contributed by atoms with Crippen molar-refractivity contribution in [1.82, 2.24) is 0 Å². The van der Waals surface area contributed by atoms with E-state index in [1.807, 2.05) is 30.4 Å². The first-order valence-electron chi connectivity index (χ1n) is 15.8. The molecule has 1 saturated carbocycles. The summed E-state index contributed by atoms with van der Waals surface area (Å²) in [5, 5.41) is 0. The van der Waals surface area contributed by atoms with Gasteiger partial charge in [0.1, 0.15) is 11.6 Å². The van der Waals surface area contributed by atoms with E-state index in [0.29, 0.717) is 24.0 Å². The maximum atomic E-state index is 13.3. The number of carbonyl (C=O) groups excluding carboxylic acids is 3. The van der Waals surface area contributed by atoms with E-state index < -0.39 is 5.41 Å². The third kappa shape index (κ3) is 16.4. The first kappa shape index (κ1) is 39.9. The molecule has 240 valence electrons. The number of rotatable bonds is 10. The summed E-state index contributed by atoms with van der Waals surface area (Å²) in [7, 11) is 0. The predicted molar refractivity (Wildman–Crippen MR) is 188 cm³/mol. The van der Waals surface area contributed by atoms with Crippen molar-refractivity contribution in [3.63, 3.8) is 0 Å². The molecule has 2 unspecified atom stereocenters. The maximum Gasteiger partial charge on any atom is 0.152 e. The lowest BCUT2D eigenvalue weighted by Gasteiger charge is -2.30. The van der Waals surface area contributed by atoms with Crippen LogP contribution in [-0.2, 0) is 27.2 Å². The highest BCUT2D eigenvalue weighted by Crippen LogP contribution is 2.42. The molecular weight excluding hydrogens is 528 g/mol.